The van der Waals surface area contributed by atoms with Gasteiger partial charge < -0.3 is 10.4 Å². The van der Waals surface area contributed by atoms with Crippen molar-refractivity contribution < 1.29 is 19.1 Å². The number of rotatable bonds is 3. The first kappa shape index (κ1) is 13.4. The number of carbonyl (C=O) groups is 2. The highest BCUT2D eigenvalue weighted by molar-refractivity contribution is 7.22. The van der Waals surface area contributed by atoms with Crippen molar-refractivity contribution in [1.29, 1.82) is 0 Å². The van der Waals surface area contributed by atoms with Gasteiger partial charge in [0.2, 0.25) is 5.91 Å². The van der Waals surface area contributed by atoms with Crippen molar-refractivity contribution in [3.8, 4) is 0 Å². The van der Waals surface area contributed by atoms with E-state index in [2.05, 4.69) is 10.3 Å². The zero-order valence-corrected chi connectivity index (χ0v) is 11.0. The summed E-state index contributed by atoms with van der Waals surface area (Å²) in [6, 6.07) is 2.91. The van der Waals surface area contributed by atoms with Gasteiger partial charge in [-0.05, 0) is 26.0 Å². The summed E-state index contributed by atoms with van der Waals surface area (Å²) < 4.78 is 14.1. The number of amides is 1. The number of halogens is 1. The Kier molecular flexibility index (Phi) is 3.48. The minimum atomic E-state index is -1.21. The van der Waals surface area contributed by atoms with Crippen molar-refractivity contribution in [1.82, 2.24) is 4.98 Å². The Morgan fingerprint density at radius 2 is 2.16 bits per heavy atom. The lowest BCUT2D eigenvalue weighted by Gasteiger charge is -2.04. The number of nitrogens with one attached hydrogen (secondary N) is 1. The summed E-state index contributed by atoms with van der Waals surface area (Å²) in [5, 5.41) is 11.4. The molecule has 1 atom stereocenters. The minimum Gasteiger partial charge on any atom is -0.481 e. The SMILES string of the molecule is Cc1c(F)ccc2sc(NC(=O)C(C)C(=O)O)nc12. The number of carboxylic acid groups (broad SMARTS) is 1. The third kappa shape index (κ3) is 2.55. The maximum Gasteiger partial charge on any atom is 0.315 e. The quantitative estimate of drug-likeness (QED) is 0.847. The van der Waals surface area contributed by atoms with Crippen LogP contribution in [0.1, 0.15) is 12.5 Å². The Morgan fingerprint density at radius 1 is 1.47 bits per heavy atom. The van der Waals surface area contributed by atoms with E-state index in [1.807, 2.05) is 0 Å². The number of hydrogen-bond acceptors (Lipinski definition) is 4. The maximum absolute atomic E-state index is 13.4. The standard InChI is InChI=1S/C12H11FN2O3S/c1-5-7(13)3-4-8-9(5)14-12(19-8)15-10(16)6(2)11(17)18/h3-4,6H,1-2H3,(H,17,18)(H,14,15,16). The second-order valence-electron chi connectivity index (χ2n) is 4.09. The molecule has 1 aromatic heterocycles. The molecule has 0 spiro atoms. The summed E-state index contributed by atoms with van der Waals surface area (Å²) in [6.45, 7) is 2.89. The van der Waals surface area contributed by atoms with Crippen LogP contribution in [0.15, 0.2) is 12.1 Å². The lowest BCUT2D eigenvalue weighted by atomic mass is 10.2. The van der Waals surface area contributed by atoms with Crippen LogP contribution in [0, 0.1) is 18.7 Å². The molecule has 0 radical (unpaired) electrons. The normalized spacial score (nSPS) is 12.4. The highest BCUT2D eigenvalue weighted by Gasteiger charge is 2.21. The summed E-state index contributed by atoms with van der Waals surface area (Å²) in [5.74, 6) is -3.38. The van der Waals surface area contributed by atoms with Crippen molar-refractivity contribution >= 4 is 38.6 Å². The second kappa shape index (κ2) is 4.93. The average molecular weight is 282 g/mol. The molecule has 0 aliphatic carbocycles. The summed E-state index contributed by atoms with van der Waals surface area (Å²) >= 11 is 1.17. The average Bonchev–Trinajstić information content (AvgIpc) is 2.76. The predicted molar refractivity (Wildman–Crippen MR) is 69.7 cm³/mol. The molecule has 19 heavy (non-hydrogen) atoms. The molecule has 1 unspecified atom stereocenters. The first-order valence-electron chi connectivity index (χ1n) is 5.49. The molecule has 1 amide bonds. The fraction of sp³-hybridized carbons (Fsp3) is 0.250. The zero-order valence-electron chi connectivity index (χ0n) is 10.2. The van der Waals surface area contributed by atoms with Gasteiger partial charge in [0.05, 0.1) is 10.2 Å². The number of nitrogens with zero attached hydrogens (tertiary/aromatic N) is 1. The number of anilines is 1. The monoisotopic (exact) mass is 282 g/mol. The second-order valence-corrected chi connectivity index (χ2v) is 5.12. The number of benzene rings is 1. The third-order valence-electron chi connectivity index (χ3n) is 2.74. The topological polar surface area (TPSA) is 79.3 Å². The van der Waals surface area contributed by atoms with Crippen molar-refractivity contribution in [2.45, 2.75) is 13.8 Å². The van der Waals surface area contributed by atoms with E-state index in [4.69, 9.17) is 5.11 Å². The number of hydrogen-bond donors (Lipinski definition) is 2. The van der Waals surface area contributed by atoms with Gasteiger partial charge in [-0.2, -0.15) is 0 Å². The molecule has 2 rings (SSSR count). The molecule has 0 fully saturated rings. The Morgan fingerprint density at radius 3 is 2.79 bits per heavy atom. The third-order valence-corrected chi connectivity index (χ3v) is 3.68. The number of carbonyl (C=O) groups excluding carboxylic acids is 1. The Balaban J connectivity index is 2.30. The van der Waals surface area contributed by atoms with Gasteiger partial charge in [0.25, 0.3) is 0 Å². The molecule has 0 saturated carbocycles. The smallest absolute Gasteiger partial charge is 0.315 e. The van der Waals surface area contributed by atoms with Gasteiger partial charge >= 0.3 is 5.97 Å². The molecule has 0 aliphatic rings. The Hall–Kier alpha value is -2.02. The highest BCUT2D eigenvalue weighted by atomic mass is 32.1. The van der Waals surface area contributed by atoms with Crippen LogP contribution >= 0.6 is 11.3 Å². The molecule has 2 aromatic rings. The van der Waals surface area contributed by atoms with E-state index in [1.54, 1.807) is 13.0 Å². The molecule has 1 aromatic carbocycles. The molecule has 0 bridgehead atoms. The number of aryl methyl sites for hydroxylation is 1. The first-order chi connectivity index (χ1) is 8.90. The van der Waals surface area contributed by atoms with Crippen LogP contribution < -0.4 is 5.32 Å². The van der Waals surface area contributed by atoms with Gasteiger partial charge in [0.15, 0.2) is 5.13 Å². The van der Waals surface area contributed by atoms with Crippen LogP contribution in [0.25, 0.3) is 10.2 Å². The van der Waals surface area contributed by atoms with Crippen LogP contribution in [0.2, 0.25) is 0 Å². The van der Waals surface area contributed by atoms with E-state index in [9.17, 15) is 14.0 Å². The van der Waals surface area contributed by atoms with E-state index in [0.29, 0.717) is 11.1 Å². The van der Waals surface area contributed by atoms with Crippen LogP contribution in [-0.4, -0.2) is 22.0 Å². The number of thiazole rings is 1. The molecule has 1 heterocycles. The number of carboxylic acids is 1. The number of aromatic nitrogens is 1. The van der Waals surface area contributed by atoms with Crippen LogP contribution in [0.5, 0.6) is 0 Å². The lowest BCUT2D eigenvalue weighted by molar-refractivity contribution is -0.144. The maximum atomic E-state index is 13.4. The van der Waals surface area contributed by atoms with Gasteiger partial charge in [-0.1, -0.05) is 11.3 Å². The van der Waals surface area contributed by atoms with Crippen molar-refractivity contribution in [3.05, 3.63) is 23.5 Å². The van der Waals surface area contributed by atoms with Gasteiger partial charge in [-0.3, -0.25) is 9.59 Å². The Bertz CT molecular complexity index is 668. The fourth-order valence-corrected chi connectivity index (χ4v) is 2.41. The predicted octanol–water partition coefficient (Wildman–Crippen LogP) is 2.40. The van der Waals surface area contributed by atoms with Gasteiger partial charge in [-0.15, -0.1) is 0 Å². The van der Waals surface area contributed by atoms with Crippen LogP contribution in [0.3, 0.4) is 0 Å². The molecule has 0 saturated heterocycles. The lowest BCUT2D eigenvalue weighted by Crippen LogP contribution is -2.26. The molecular weight excluding hydrogens is 271 g/mol. The first-order valence-corrected chi connectivity index (χ1v) is 6.31. The molecule has 0 aliphatic heterocycles. The Labute approximate surface area is 112 Å². The molecular formula is C12H11FN2O3S. The van der Waals surface area contributed by atoms with Crippen molar-refractivity contribution in [2.75, 3.05) is 5.32 Å². The number of fused-ring (bicyclic) bond motifs is 1. The minimum absolute atomic E-state index is 0.266. The highest BCUT2D eigenvalue weighted by Crippen LogP contribution is 2.29. The van der Waals surface area contributed by atoms with E-state index in [-0.39, 0.29) is 10.9 Å². The molecule has 100 valence electrons. The molecule has 2 N–H and O–H groups in total. The van der Waals surface area contributed by atoms with Gasteiger partial charge in [0.1, 0.15) is 11.7 Å². The van der Waals surface area contributed by atoms with Crippen molar-refractivity contribution in [2.24, 2.45) is 5.92 Å². The van der Waals surface area contributed by atoms with E-state index < -0.39 is 17.8 Å². The zero-order chi connectivity index (χ0) is 14.2. The van der Waals surface area contributed by atoms with E-state index in [0.717, 1.165) is 4.70 Å². The molecule has 7 heteroatoms. The summed E-state index contributed by atoms with van der Waals surface area (Å²) in [5.41, 5.74) is 0.879. The van der Waals surface area contributed by atoms with Crippen LogP contribution in [0.4, 0.5) is 9.52 Å². The fourth-order valence-electron chi connectivity index (χ4n) is 1.48. The largest absolute Gasteiger partial charge is 0.481 e. The number of aliphatic carboxylic acids is 1. The van der Waals surface area contributed by atoms with E-state index in [1.165, 1.54) is 24.3 Å². The van der Waals surface area contributed by atoms with E-state index >= 15 is 0 Å². The molecule has 5 nitrogen and oxygen atoms in total. The summed E-state index contributed by atoms with van der Waals surface area (Å²) in [4.78, 5) is 26.4. The summed E-state index contributed by atoms with van der Waals surface area (Å²) in [7, 11) is 0. The summed E-state index contributed by atoms with van der Waals surface area (Å²) in [6.07, 6.45) is 0. The van der Waals surface area contributed by atoms with Crippen LogP contribution in [-0.2, 0) is 9.59 Å². The van der Waals surface area contributed by atoms with Gasteiger partial charge in [-0.25, -0.2) is 9.37 Å². The van der Waals surface area contributed by atoms with Crippen molar-refractivity contribution in [3.63, 3.8) is 0 Å². The van der Waals surface area contributed by atoms with Gasteiger partial charge in [0, 0.05) is 5.56 Å².